The maximum Gasteiger partial charge on any atom is 0.299 e. The van der Waals surface area contributed by atoms with Gasteiger partial charge in [-0.05, 0) is 24.6 Å². The highest BCUT2D eigenvalue weighted by molar-refractivity contribution is 6.36. The van der Waals surface area contributed by atoms with Crippen molar-refractivity contribution in [3.05, 3.63) is 65.7 Å². The molecule has 0 saturated heterocycles. The Hall–Kier alpha value is -2.89. The third-order valence-corrected chi connectivity index (χ3v) is 3.65. The molecule has 0 aliphatic rings. The number of hydrogen-bond acceptors (Lipinski definition) is 6. The summed E-state index contributed by atoms with van der Waals surface area (Å²) in [5.41, 5.74) is -0.440. The fourth-order valence-corrected chi connectivity index (χ4v) is 2.62. The Kier molecular flexibility index (Phi) is 4.87. The predicted octanol–water partition coefficient (Wildman–Crippen LogP) is 4.73. The molecule has 0 heterocycles. The molecule has 0 saturated carbocycles. The molecule has 0 unspecified atom stereocenters. The number of nitro benzene ring substituents is 2. The second-order valence-corrected chi connectivity index (χ2v) is 5.56. The van der Waals surface area contributed by atoms with Gasteiger partial charge in [0.1, 0.15) is 11.8 Å². The molecule has 1 N–H and O–H groups in total. The number of rotatable bonds is 4. The van der Waals surface area contributed by atoms with E-state index in [2.05, 4.69) is 5.32 Å². The van der Waals surface area contributed by atoms with Gasteiger partial charge >= 0.3 is 0 Å². The Balaban J connectivity index is 2.65. The van der Waals surface area contributed by atoms with Crippen LogP contribution in [-0.4, -0.2) is 9.85 Å². The van der Waals surface area contributed by atoms with Gasteiger partial charge in [0, 0.05) is 11.1 Å². The Bertz CT molecular complexity index is 909. The number of hydrogen-bond donors (Lipinski definition) is 1. The third-order valence-electron chi connectivity index (χ3n) is 3.13. The Morgan fingerprint density at radius 3 is 2.29 bits per heavy atom. The number of nitrogens with one attached hydrogen (secondary N) is 1. The van der Waals surface area contributed by atoms with Crippen molar-refractivity contribution in [2.24, 2.45) is 0 Å². The third kappa shape index (κ3) is 3.37. The summed E-state index contributed by atoms with van der Waals surface area (Å²) < 4.78 is 0. The van der Waals surface area contributed by atoms with Gasteiger partial charge in [0.25, 0.3) is 11.4 Å². The highest BCUT2D eigenvalue weighted by atomic mass is 35.5. The van der Waals surface area contributed by atoms with Gasteiger partial charge in [0.2, 0.25) is 0 Å². The van der Waals surface area contributed by atoms with Crippen molar-refractivity contribution in [2.45, 2.75) is 6.92 Å². The van der Waals surface area contributed by atoms with Crippen LogP contribution in [0.5, 0.6) is 0 Å². The van der Waals surface area contributed by atoms with Gasteiger partial charge in [-0.15, -0.1) is 0 Å². The summed E-state index contributed by atoms with van der Waals surface area (Å²) in [6, 6.07) is 6.63. The predicted molar refractivity (Wildman–Crippen MR) is 88.9 cm³/mol. The maximum atomic E-state index is 11.3. The van der Waals surface area contributed by atoms with Crippen molar-refractivity contribution in [2.75, 3.05) is 5.32 Å². The Morgan fingerprint density at radius 2 is 1.75 bits per heavy atom. The summed E-state index contributed by atoms with van der Waals surface area (Å²) in [5.74, 6) is 0. The number of benzene rings is 2. The first kappa shape index (κ1) is 17.5. The number of non-ortho nitro benzene ring substituents is 1. The molecular formula is C14H8Cl2N4O4. The van der Waals surface area contributed by atoms with Crippen LogP contribution in [0.25, 0.3) is 0 Å². The van der Waals surface area contributed by atoms with E-state index in [9.17, 15) is 25.5 Å². The van der Waals surface area contributed by atoms with E-state index >= 15 is 0 Å². The number of nitrogens with zero attached hydrogens (tertiary/aromatic N) is 3. The molecule has 0 atom stereocenters. The topological polar surface area (TPSA) is 122 Å². The van der Waals surface area contributed by atoms with Crippen molar-refractivity contribution in [1.82, 2.24) is 0 Å². The monoisotopic (exact) mass is 366 g/mol. The average molecular weight is 367 g/mol. The number of aryl methyl sites for hydroxylation is 1. The number of nitro groups is 2. The van der Waals surface area contributed by atoms with E-state index in [4.69, 9.17) is 23.2 Å². The Labute approximate surface area is 145 Å². The van der Waals surface area contributed by atoms with Gasteiger partial charge < -0.3 is 5.32 Å². The SMILES string of the molecule is Cc1cc([N+](=O)[O-])cc([N+](=O)[O-])c1Nc1c(Cl)cc(Cl)cc1C#N. The quantitative estimate of drug-likeness (QED) is 0.615. The molecule has 0 bridgehead atoms. The van der Waals surface area contributed by atoms with Gasteiger partial charge in [-0.25, -0.2) is 0 Å². The van der Waals surface area contributed by atoms with E-state index in [1.54, 1.807) is 0 Å². The van der Waals surface area contributed by atoms with Crippen LogP contribution < -0.4 is 5.32 Å². The summed E-state index contributed by atoms with van der Waals surface area (Å²) in [4.78, 5) is 20.7. The Morgan fingerprint density at radius 1 is 1.08 bits per heavy atom. The first-order valence-electron chi connectivity index (χ1n) is 6.34. The standard InChI is InChI=1S/C14H8Cl2N4O4/c1-7-2-10(19(21)22)5-12(20(23)24)13(7)18-14-8(6-17)3-9(15)4-11(14)16/h2-5,18H,1H3. The van der Waals surface area contributed by atoms with Crippen LogP contribution in [0.15, 0.2) is 24.3 Å². The van der Waals surface area contributed by atoms with Gasteiger partial charge in [-0.1, -0.05) is 23.2 Å². The molecule has 0 aliphatic heterocycles. The van der Waals surface area contributed by atoms with Crippen molar-refractivity contribution >= 4 is 46.0 Å². The zero-order valence-electron chi connectivity index (χ0n) is 12.0. The molecule has 2 aromatic carbocycles. The number of nitriles is 1. The molecular weight excluding hydrogens is 359 g/mol. The lowest BCUT2D eigenvalue weighted by atomic mass is 10.1. The molecule has 0 spiro atoms. The van der Waals surface area contributed by atoms with E-state index in [-0.39, 0.29) is 32.5 Å². The summed E-state index contributed by atoms with van der Waals surface area (Å²) in [6.45, 7) is 1.47. The lowest BCUT2D eigenvalue weighted by molar-refractivity contribution is -0.393. The molecule has 2 rings (SSSR count). The number of halogens is 2. The first-order valence-corrected chi connectivity index (χ1v) is 7.09. The van der Waals surface area contributed by atoms with E-state index < -0.39 is 21.2 Å². The van der Waals surface area contributed by atoms with Crippen molar-refractivity contribution in [3.63, 3.8) is 0 Å². The highest BCUT2D eigenvalue weighted by Crippen LogP contribution is 2.38. The first-order chi connectivity index (χ1) is 11.2. The molecule has 24 heavy (non-hydrogen) atoms. The molecule has 0 aliphatic carbocycles. The minimum atomic E-state index is -0.752. The van der Waals surface area contributed by atoms with Gasteiger partial charge in [-0.3, -0.25) is 20.2 Å². The van der Waals surface area contributed by atoms with E-state index in [1.807, 2.05) is 6.07 Å². The molecule has 8 nitrogen and oxygen atoms in total. The minimum Gasteiger partial charge on any atom is -0.347 e. The molecule has 0 radical (unpaired) electrons. The minimum absolute atomic E-state index is 0.00585. The molecule has 122 valence electrons. The molecule has 0 fully saturated rings. The molecule has 10 heteroatoms. The summed E-state index contributed by atoms with van der Waals surface area (Å²) in [6.07, 6.45) is 0. The smallest absolute Gasteiger partial charge is 0.299 e. The van der Waals surface area contributed by atoms with E-state index in [1.165, 1.54) is 25.1 Å². The van der Waals surface area contributed by atoms with Crippen LogP contribution >= 0.6 is 23.2 Å². The number of anilines is 2. The summed E-state index contributed by atoms with van der Waals surface area (Å²) >= 11 is 11.9. The molecule has 0 aromatic heterocycles. The maximum absolute atomic E-state index is 11.3. The van der Waals surface area contributed by atoms with Crippen molar-refractivity contribution in [3.8, 4) is 6.07 Å². The van der Waals surface area contributed by atoms with Crippen LogP contribution in [0.4, 0.5) is 22.7 Å². The van der Waals surface area contributed by atoms with Crippen LogP contribution in [0.3, 0.4) is 0 Å². The van der Waals surface area contributed by atoms with Crippen molar-refractivity contribution in [1.29, 1.82) is 5.26 Å². The van der Waals surface area contributed by atoms with E-state index in [0.29, 0.717) is 0 Å². The fourth-order valence-electron chi connectivity index (χ4n) is 2.08. The normalized spacial score (nSPS) is 10.1. The van der Waals surface area contributed by atoms with Crippen LogP contribution in [0.1, 0.15) is 11.1 Å². The van der Waals surface area contributed by atoms with Gasteiger partial charge in [0.15, 0.2) is 0 Å². The molecule has 2 aromatic rings. The zero-order valence-corrected chi connectivity index (χ0v) is 13.6. The van der Waals surface area contributed by atoms with Crippen LogP contribution in [0.2, 0.25) is 10.0 Å². The lowest BCUT2D eigenvalue weighted by Gasteiger charge is -2.13. The van der Waals surface area contributed by atoms with Crippen LogP contribution in [-0.2, 0) is 0 Å². The van der Waals surface area contributed by atoms with Crippen molar-refractivity contribution < 1.29 is 9.85 Å². The largest absolute Gasteiger partial charge is 0.347 e. The van der Waals surface area contributed by atoms with E-state index in [0.717, 1.165) is 6.07 Å². The van der Waals surface area contributed by atoms with Crippen LogP contribution in [0, 0.1) is 38.5 Å². The second-order valence-electron chi connectivity index (χ2n) is 4.72. The van der Waals surface area contributed by atoms with Gasteiger partial charge in [0.05, 0.1) is 32.2 Å². The second kappa shape index (κ2) is 6.70. The lowest BCUT2D eigenvalue weighted by Crippen LogP contribution is -2.03. The van der Waals surface area contributed by atoms with Gasteiger partial charge in [-0.2, -0.15) is 5.26 Å². The fraction of sp³-hybridized carbons (Fsp3) is 0.0714. The summed E-state index contributed by atoms with van der Waals surface area (Å²) in [7, 11) is 0. The zero-order chi connectivity index (χ0) is 18.0. The molecule has 0 amide bonds. The summed E-state index contributed by atoms with van der Waals surface area (Å²) in [5, 5.41) is 34.4. The average Bonchev–Trinajstić information content (AvgIpc) is 2.50. The highest BCUT2D eigenvalue weighted by Gasteiger charge is 2.24.